The molecule has 1 spiro atoms. The minimum atomic E-state index is -0.707. The van der Waals surface area contributed by atoms with Crippen molar-refractivity contribution in [1.82, 2.24) is 9.80 Å². The molecule has 3 rings (SSSR count). The lowest BCUT2D eigenvalue weighted by molar-refractivity contribution is -0.141. The van der Waals surface area contributed by atoms with Crippen molar-refractivity contribution in [2.75, 3.05) is 6.54 Å². The lowest BCUT2D eigenvalue weighted by Gasteiger charge is -2.48. The number of urea groups is 1. The number of nitrogens with zero attached hydrogens (tertiary/aromatic N) is 2. The zero-order valence-corrected chi connectivity index (χ0v) is 15.1. The number of hydrogen-bond acceptors (Lipinski definition) is 6. The predicted octanol–water partition coefficient (Wildman–Crippen LogP) is 0.998. The van der Waals surface area contributed by atoms with E-state index in [1.165, 1.54) is 4.90 Å². The molecule has 4 amide bonds. The van der Waals surface area contributed by atoms with Gasteiger partial charge in [-0.1, -0.05) is 13.3 Å². The summed E-state index contributed by atoms with van der Waals surface area (Å²) in [5.41, 5.74) is 10.9. The Balaban J connectivity index is 1.81. The first-order valence-electron chi connectivity index (χ1n) is 9.26. The third-order valence-electron chi connectivity index (χ3n) is 5.88. The Kier molecular flexibility index (Phi) is 4.77. The van der Waals surface area contributed by atoms with Gasteiger partial charge in [0.25, 0.3) is 11.8 Å². The average Bonchev–Trinajstić information content (AvgIpc) is 2.55. The van der Waals surface area contributed by atoms with E-state index in [9.17, 15) is 19.2 Å². The van der Waals surface area contributed by atoms with Crippen LogP contribution in [0.3, 0.4) is 0 Å². The molecule has 3 aliphatic rings. The first kappa shape index (κ1) is 18.4. The van der Waals surface area contributed by atoms with Gasteiger partial charge in [-0.05, 0) is 37.5 Å². The van der Waals surface area contributed by atoms with Crippen LogP contribution in [0.5, 0.6) is 0 Å². The molecule has 4 N–H and O–H groups in total. The summed E-state index contributed by atoms with van der Waals surface area (Å²) in [6.45, 7) is 2.19. The van der Waals surface area contributed by atoms with Crippen LogP contribution in [0.2, 0.25) is 0 Å². The van der Waals surface area contributed by atoms with Gasteiger partial charge in [-0.15, -0.1) is 0 Å². The Bertz CT molecular complexity index is 677. The fourth-order valence-electron chi connectivity index (χ4n) is 4.34. The highest BCUT2D eigenvalue weighted by molar-refractivity contribution is 6.29. The van der Waals surface area contributed by atoms with Crippen molar-refractivity contribution in [2.24, 2.45) is 16.9 Å². The van der Waals surface area contributed by atoms with Crippen LogP contribution < -0.4 is 11.5 Å². The summed E-state index contributed by atoms with van der Waals surface area (Å²) >= 11 is 0. The third-order valence-corrected chi connectivity index (χ3v) is 5.88. The maximum atomic E-state index is 12.9. The fraction of sp³-hybridized carbons (Fsp3) is 0.667. The molecule has 0 aromatic heterocycles. The second-order valence-corrected chi connectivity index (χ2v) is 7.72. The topological polar surface area (TPSA) is 127 Å². The average molecular weight is 362 g/mol. The summed E-state index contributed by atoms with van der Waals surface area (Å²) in [5, 5.41) is 0. The summed E-state index contributed by atoms with van der Waals surface area (Å²) in [5.74, 6) is -1.47. The number of ketones is 1. The Labute approximate surface area is 152 Å². The number of unbranched alkanes of at least 4 members (excludes halogenated alkanes) is 1. The zero-order valence-electron chi connectivity index (χ0n) is 15.1. The van der Waals surface area contributed by atoms with E-state index in [1.807, 2.05) is 6.92 Å². The molecule has 0 unspecified atom stereocenters. The first-order valence-corrected chi connectivity index (χ1v) is 9.26. The van der Waals surface area contributed by atoms with Crippen LogP contribution >= 0.6 is 0 Å². The molecular weight excluding hydrogens is 336 g/mol. The van der Waals surface area contributed by atoms with Gasteiger partial charge >= 0.3 is 6.03 Å². The van der Waals surface area contributed by atoms with E-state index in [2.05, 4.69) is 0 Å². The van der Waals surface area contributed by atoms with E-state index in [0.29, 0.717) is 32.1 Å². The molecule has 0 radical (unpaired) electrons. The quantitative estimate of drug-likeness (QED) is 0.567. The van der Waals surface area contributed by atoms with Crippen molar-refractivity contribution in [2.45, 2.75) is 64.3 Å². The molecule has 26 heavy (non-hydrogen) atoms. The van der Waals surface area contributed by atoms with E-state index >= 15 is 0 Å². The molecule has 3 fully saturated rings. The maximum Gasteiger partial charge on any atom is 0.334 e. The Hall–Kier alpha value is -2.38. The number of carbonyl (C=O) groups is 4. The number of barbiturate groups is 1. The van der Waals surface area contributed by atoms with Crippen LogP contribution in [0, 0.1) is 5.41 Å². The largest absolute Gasteiger partial charge is 0.385 e. The smallest absolute Gasteiger partial charge is 0.334 e. The molecule has 8 heteroatoms. The molecular formula is C18H26N4O4. The van der Waals surface area contributed by atoms with Crippen LogP contribution in [-0.4, -0.2) is 46.0 Å². The van der Waals surface area contributed by atoms with Crippen molar-refractivity contribution >= 4 is 23.6 Å². The first-order chi connectivity index (χ1) is 12.3. The highest BCUT2D eigenvalue weighted by atomic mass is 16.2. The molecule has 0 aromatic carbocycles. The second kappa shape index (κ2) is 6.74. The van der Waals surface area contributed by atoms with Crippen molar-refractivity contribution in [3.8, 4) is 0 Å². The van der Waals surface area contributed by atoms with Crippen molar-refractivity contribution in [3.05, 3.63) is 11.4 Å². The molecule has 2 aliphatic carbocycles. The normalized spacial score (nSPS) is 23.7. The number of amides is 4. The lowest BCUT2D eigenvalue weighted by atomic mass is 9.59. The van der Waals surface area contributed by atoms with Gasteiger partial charge < -0.3 is 11.5 Å². The summed E-state index contributed by atoms with van der Waals surface area (Å²) in [6, 6.07) is -0.869. The molecule has 0 bridgehead atoms. The van der Waals surface area contributed by atoms with Crippen LogP contribution in [-0.2, 0) is 14.4 Å². The minimum Gasteiger partial charge on any atom is -0.385 e. The van der Waals surface area contributed by atoms with Crippen LogP contribution in [0.15, 0.2) is 11.4 Å². The van der Waals surface area contributed by atoms with Crippen LogP contribution in [0.4, 0.5) is 4.79 Å². The molecule has 0 aromatic rings. The molecule has 142 valence electrons. The van der Waals surface area contributed by atoms with Gasteiger partial charge in [-0.3, -0.25) is 24.2 Å². The van der Waals surface area contributed by atoms with E-state index in [4.69, 9.17) is 11.5 Å². The van der Waals surface area contributed by atoms with Crippen LogP contribution in [0.25, 0.3) is 0 Å². The van der Waals surface area contributed by atoms with Gasteiger partial charge in [0, 0.05) is 25.4 Å². The number of imide groups is 2. The summed E-state index contributed by atoms with van der Waals surface area (Å²) in [7, 11) is 0. The van der Waals surface area contributed by atoms with E-state index in [1.54, 1.807) is 0 Å². The fourth-order valence-corrected chi connectivity index (χ4v) is 4.34. The van der Waals surface area contributed by atoms with E-state index < -0.39 is 17.8 Å². The number of nitrogens with two attached hydrogens (primary N) is 2. The van der Waals surface area contributed by atoms with Gasteiger partial charge in [-0.2, -0.15) is 0 Å². The van der Waals surface area contributed by atoms with Gasteiger partial charge in [0.1, 0.15) is 17.2 Å². The van der Waals surface area contributed by atoms with E-state index in [0.717, 1.165) is 24.2 Å². The third kappa shape index (κ3) is 2.97. The van der Waals surface area contributed by atoms with Crippen molar-refractivity contribution < 1.29 is 19.2 Å². The zero-order chi connectivity index (χ0) is 19.1. The molecule has 1 saturated heterocycles. The SMILES string of the molecule is CCCCN1C(=O)C(=C(N)N)C(=O)N(C2CCC3(CC2)CC(=O)C3)C1=O. The maximum absolute atomic E-state index is 12.9. The van der Waals surface area contributed by atoms with Gasteiger partial charge in [0.15, 0.2) is 0 Å². The van der Waals surface area contributed by atoms with Gasteiger partial charge in [-0.25, -0.2) is 4.79 Å². The van der Waals surface area contributed by atoms with Crippen molar-refractivity contribution in [3.63, 3.8) is 0 Å². The number of carbonyl (C=O) groups excluding carboxylic acids is 4. The summed E-state index contributed by atoms with van der Waals surface area (Å²) < 4.78 is 0. The number of Topliss-reactive ketones (excluding diaryl/α,β-unsaturated/α-hetero) is 1. The van der Waals surface area contributed by atoms with Crippen LogP contribution in [0.1, 0.15) is 58.3 Å². The van der Waals surface area contributed by atoms with Crippen molar-refractivity contribution in [1.29, 1.82) is 0 Å². The Morgan fingerprint density at radius 2 is 1.69 bits per heavy atom. The monoisotopic (exact) mass is 362 g/mol. The highest BCUT2D eigenvalue weighted by Crippen LogP contribution is 2.50. The molecule has 1 aliphatic heterocycles. The number of rotatable bonds is 4. The Morgan fingerprint density at radius 3 is 2.19 bits per heavy atom. The molecule has 1 heterocycles. The van der Waals surface area contributed by atoms with E-state index in [-0.39, 0.29) is 35.2 Å². The van der Waals surface area contributed by atoms with Gasteiger partial charge in [0.05, 0.1) is 0 Å². The lowest BCUT2D eigenvalue weighted by Crippen LogP contribution is -2.61. The predicted molar refractivity (Wildman–Crippen MR) is 93.2 cm³/mol. The standard InChI is InChI=1S/C18H26N4O4/c1-2-3-8-21-15(24)13(14(19)20)16(25)22(17(21)26)11-4-6-18(7-5-11)9-12(23)10-18/h11H,2-10,19-20H2,1H3. The number of hydrogen-bond donors (Lipinski definition) is 2. The molecule has 8 nitrogen and oxygen atoms in total. The molecule has 2 saturated carbocycles. The second-order valence-electron chi connectivity index (χ2n) is 7.72. The van der Waals surface area contributed by atoms with Gasteiger partial charge in [0.2, 0.25) is 0 Å². The summed E-state index contributed by atoms with van der Waals surface area (Å²) in [4.78, 5) is 51.8. The Morgan fingerprint density at radius 1 is 1.08 bits per heavy atom. The summed E-state index contributed by atoms with van der Waals surface area (Å²) in [6.07, 6.45) is 5.54. The highest BCUT2D eigenvalue weighted by Gasteiger charge is 2.50. The molecule has 0 atom stereocenters. The minimum absolute atomic E-state index is 0.0543.